The average Bonchev–Trinajstić information content (AvgIpc) is 3.52. The summed E-state index contributed by atoms with van der Waals surface area (Å²) in [6.45, 7) is 1.70. The van der Waals surface area contributed by atoms with Gasteiger partial charge < -0.3 is 0 Å². The molecule has 5 aromatic rings. The molecule has 0 amide bonds. The third-order valence-electron chi connectivity index (χ3n) is 5.51. The van der Waals surface area contributed by atoms with Crippen LogP contribution < -0.4 is 5.56 Å². The van der Waals surface area contributed by atoms with E-state index in [9.17, 15) is 19.7 Å². The minimum atomic E-state index is -0.471. The van der Waals surface area contributed by atoms with Gasteiger partial charge in [-0.3, -0.25) is 24.8 Å². The molecule has 0 spiro atoms. The molecule has 0 aliphatic heterocycles. The molecule has 0 unspecified atom stereocenters. The molecule has 2 heterocycles. The van der Waals surface area contributed by atoms with Gasteiger partial charge in [-0.2, -0.15) is 9.80 Å². The predicted molar refractivity (Wildman–Crippen MR) is 139 cm³/mol. The molecule has 5 rings (SSSR count). The average molecular weight is 511 g/mol. The molecule has 1 N–H and O–H groups in total. The summed E-state index contributed by atoms with van der Waals surface area (Å²) >= 11 is 1.21. The first kappa shape index (κ1) is 23.7. The number of nitrogens with zero attached hydrogens (tertiary/aromatic N) is 5. The molecule has 11 heteroatoms. The van der Waals surface area contributed by atoms with E-state index in [1.165, 1.54) is 28.2 Å². The van der Waals surface area contributed by atoms with Crippen LogP contribution in [0.2, 0.25) is 0 Å². The summed E-state index contributed by atoms with van der Waals surface area (Å²) in [5.74, 6) is -0.0959. The van der Waals surface area contributed by atoms with E-state index in [0.29, 0.717) is 38.9 Å². The van der Waals surface area contributed by atoms with Crippen molar-refractivity contribution in [3.8, 4) is 16.4 Å². The highest BCUT2D eigenvalue weighted by Crippen LogP contribution is 2.27. The van der Waals surface area contributed by atoms with Gasteiger partial charge >= 0.3 is 5.56 Å². The van der Waals surface area contributed by atoms with Crippen molar-refractivity contribution in [2.75, 3.05) is 0 Å². The van der Waals surface area contributed by atoms with Crippen LogP contribution >= 0.6 is 11.3 Å². The van der Waals surface area contributed by atoms with E-state index in [-0.39, 0.29) is 17.2 Å². The van der Waals surface area contributed by atoms with Gasteiger partial charge in [0.1, 0.15) is 0 Å². The molecule has 0 saturated carbocycles. The predicted octanol–water partition coefficient (Wildman–Crippen LogP) is 6.15. The fourth-order valence-electron chi connectivity index (χ4n) is 3.61. The van der Waals surface area contributed by atoms with Crippen molar-refractivity contribution in [3.63, 3.8) is 0 Å². The van der Waals surface area contributed by atoms with Crippen LogP contribution in [0.1, 0.15) is 21.6 Å². The standard InChI is InChI=1S/C26H18N6O4S/c1-16-23(29-28-20-12-10-18(11-13-20)24(33)17-6-3-2-4-7-17)25(34)31(30-16)26-27-22(15-37-26)19-8-5-9-21(14-19)32(35)36/h2-15,30H,1H3. The molecule has 3 aromatic carbocycles. The van der Waals surface area contributed by atoms with Crippen LogP contribution in [-0.2, 0) is 0 Å². The minimum Gasteiger partial charge on any atom is -0.291 e. The van der Waals surface area contributed by atoms with Crippen molar-refractivity contribution in [2.45, 2.75) is 6.92 Å². The zero-order valence-electron chi connectivity index (χ0n) is 19.4. The number of benzene rings is 3. The van der Waals surface area contributed by atoms with Gasteiger partial charge in [0, 0.05) is 34.2 Å². The van der Waals surface area contributed by atoms with Crippen molar-refractivity contribution in [1.29, 1.82) is 0 Å². The smallest absolute Gasteiger partial charge is 0.291 e. The lowest BCUT2D eigenvalue weighted by molar-refractivity contribution is -0.384. The largest absolute Gasteiger partial charge is 0.301 e. The van der Waals surface area contributed by atoms with Gasteiger partial charge in [-0.15, -0.1) is 16.5 Å². The fourth-order valence-corrected chi connectivity index (χ4v) is 4.40. The topological polar surface area (TPSA) is 136 Å². The fraction of sp³-hybridized carbons (Fsp3) is 0.0385. The number of thiazole rings is 1. The Labute approximate surface area is 213 Å². The quantitative estimate of drug-likeness (QED) is 0.121. The number of ketones is 1. The highest BCUT2D eigenvalue weighted by molar-refractivity contribution is 7.12. The molecule has 0 saturated heterocycles. The van der Waals surface area contributed by atoms with E-state index in [1.54, 1.807) is 60.8 Å². The highest BCUT2D eigenvalue weighted by Gasteiger charge is 2.16. The van der Waals surface area contributed by atoms with Crippen molar-refractivity contribution in [3.05, 3.63) is 122 Å². The number of nitro groups is 1. The number of azo groups is 1. The lowest BCUT2D eigenvalue weighted by atomic mass is 10.0. The Morgan fingerprint density at radius 3 is 2.46 bits per heavy atom. The maximum Gasteiger partial charge on any atom is 0.301 e. The zero-order valence-corrected chi connectivity index (χ0v) is 20.2. The number of non-ortho nitro benzene ring substituents is 1. The summed E-state index contributed by atoms with van der Waals surface area (Å²) in [5.41, 5.74) is 2.83. The van der Waals surface area contributed by atoms with Crippen LogP contribution in [0.5, 0.6) is 0 Å². The van der Waals surface area contributed by atoms with Gasteiger partial charge in [0.05, 0.1) is 22.0 Å². The number of nitro benzene ring substituents is 1. The second-order valence-corrected chi connectivity index (χ2v) is 8.83. The summed E-state index contributed by atoms with van der Waals surface area (Å²) in [4.78, 5) is 40.6. The van der Waals surface area contributed by atoms with Crippen LogP contribution in [-0.4, -0.2) is 25.5 Å². The molecule has 0 radical (unpaired) electrons. The Kier molecular flexibility index (Phi) is 6.35. The Balaban J connectivity index is 1.37. The molecule has 2 aromatic heterocycles. The van der Waals surface area contributed by atoms with Crippen LogP contribution in [0.15, 0.2) is 99.3 Å². The van der Waals surface area contributed by atoms with E-state index in [0.717, 1.165) is 0 Å². The SMILES string of the molecule is Cc1[nH]n(-c2nc(-c3cccc([N+](=O)[O-])c3)cs2)c(=O)c1N=Nc1ccc(C(=O)c2ccccc2)cc1. The maximum atomic E-state index is 13.0. The normalized spacial score (nSPS) is 11.2. The Hall–Kier alpha value is -5.03. The molecule has 10 nitrogen and oxygen atoms in total. The van der Waals surface area contributed by atoms with E-state index in [2.05, 4.69) is 20.3 Å². The third kappa shape index (κ3) is 4.88. The van der Waals surface area contributed by atoms with Crippen molar-refractivity contribution in [2.24, 2.45) is 10.2 Å². The first-order valence-electron chi connectivity index (χ1n) is 11.0. The summed E-state index contributed by atoms with van der Waals surface area (Å²) in [5, 5.41) is 24.4. The molecule has 0 atom stereocenters. The van der Waals surface area contributed by atoms with Crippen molar-refractivity contribution < 1.29 is 9.72 Å². The maximum absolute atomic E-state index is 13.0. The Morgan fingerprint density at radius 1 is 1.00 bits per heavy atom. The number of carbonyl (C=O) groups is 1. The van der Waals surface area contributed by atoms with Crippen LogP contribution in [0.3, 0.4) is 0 Å². The van der Waals surface area contributed by atoms with Crippen LogP contribution in [0.25, 0.3) is 16.4 Å². The second-order valence-electron chi connectivity index (χ2n) is 7.99. The zero-order chi connectivity index (χ0) is 25.9. The summed E-state index contributed by atoms with van der Waals surface area (Å²) in [6.07, 6.45) is 0. The highest BCUT2D eigenvalue weighted by atomic mass is 32.1. The number of aryl methyl sites for hydroxylation is 1. The van der Waals surface area contributed by atoms with E-state index < -0.39 is 10.5 Å². The van der Waals surface area contributed by atoms with Gasteiger partial charge in [0.15, 0.2) is 11.5 Å². The summed E-state index contributed by atoms with van der Waals surface area (Å²) < 4.78 is 1.26. The Bertz CT molecular complexity index is 1700. The van der Waals surface area contributed by atoms with Gasteiger partial charge in [0.25, 0.3) is 5.69 Å². The second kappa shape index (κ2) is 9.91. The molecular formula is C26H18N6O4S. The van der Waals surface area contributed by atoms with Gasteiger partial charge in [-0.25, -0.2) is 4.98 Å². The van der Waals surface area contributed by atoms with Crippen LogP contribution in [0, 0.1) is 17.0 Å². The number of aromatic nitrogens is 3. The molecule has 37 heavy (non-hydrogen) atoms. The monoisotopic (exact) mass is 510 g/mol. The van der Waals surface area contributed by atoms with Gasteiger partial charge in [-0.1, -0.05) is 42.5 Å². The van der Waals surface area contributed by atoms with E-state index >= 15 is 0 Å². The molecular weight excluding hydrogens is 492 g/mol. The third-order valence-corrected chi connectivity index (χ3v) is 6.33. The number of rotatable bonds is 7. The summed E-state index contributed by atoms with van der Waals surface area (Å²) in [6, 6.07) is 21.8. The molecule has 0 aliphatic carbocycles. The first-order chi connectivity index (χ1) is 17.9. The molecule has 0 fully saturated rings. The number of nitrogens with one attached hydrogen (secondary N) is 1. The lowest BCUT2D eigenvalue weighted by Gasteiger charge is -2.01. The number of H-pyrrole nitrogens is 1. The molecule has 182 valence electrons. The molecule has 0 aliphatic rings. The van der Waals surface area contributed by atoms with E-state index in [4.69, 9.17) is 0 Å². The minimum absolute atomic E-state index is 0.0416. The number of carbonyl (C=O) groups excluding carboxylic acids is 1. The van der Waals surface area contributed by atoms with E-state index in [1.807, 2.05) is 18.2 Å². The first-order valence-corrected chi connectivity index (χ1v) is 11.9. The number of aromatic amines is 1. The Morgan fingerprint density at radius 2 is 1.73 bits per heavy atom. The number of hydrogen-bond acceptors (Lipinski definition) is 8. The number of hydrogen-bond donors (Lipinski definition) is 1. The summed E-state index contributed by atoms with van der Waals surface area (Å²) in [7, 11) is 0. The molecule has 0 bridgehead atoms. The van der Waals surface area contributed by atoms with Crippen LogP contribution in [0.4, 0.5) is 17.1 Å². The van der Waals surface area contributed by atoms with Gasteiger partial charge in [0.2, 0.25) is 5.13 Å². The van der Waals surface area contributed by atoms with Crippen molar-refractivity contribution >= 4 is 34.2 Å². The van der Waals surface area contributed by atoms with Crippen molar-refractivity contribution in [1.82, 2.24) is 14.8 Å². The van der Waals surface area contributed by atoms with Gasteiger partial charge in [-0.05, 0) is 31.2 Å². The lowest BCUT2D eigenvalue weighted by Crippen LogP contribution is -2.13.